The Labute approximate surface area is 226 Å². The second-order valence-corrected chi connectivity index (χ2v) is 13.1. The fraction of sp³-hybridized carbons (Fsp3) is 0.583. The Morgan fingerprint density at radius 3 is 1.26 bits per heavy atom. The van der Waals surface area contributed by atoms with E-state index in [0.29, 0.717) is 0 Å². The molecule has 14 heteroatoms. The van der Waals surface area contributed by atoms with Gasteiger partial charge in [0, 0.05) is 87.5 Å². The third-order valence-corrected chi connectivity index (χ3v) is 9.44. The number of hydrogen-bond donors (Lipinski definition) is 4. The summed E-state index contributed by atoms with van der Waals surface area (Å²) in [7, 11) is -6.43. The first-order valence-electron chi connectivity index (χ1n) is 12.9. The minimum Gasteiger partial charge on any atom is -0.371 e. The molecule has 38 heavy (non-hydrogen) atoms. The average Bonchev–Trinajstić information content (AvgIpc) is 2.90. The maximum absolute atomic E-state index is 11.6. The van der Waals surface area contributed by atoms with E-state index in [1.807, 2.05) is 24.3 Å². The lowest BCUT2D eigenvalue weighted by atomic mass is 10.1. The van der Waals surface area contributed by atoms with Crippen molar-refractivity contribution < 1.29 is 16.8 Å². The van der Waals surface area contributed by atoms with Crippen LogP contribution in [0.15, 0.2) is 49.1 Å². The number of nitrogens with one attached hydrogen (secondary N) is 2. The summed E-state index contributed by atoms with van der Waals surface area (Å²) in [5.41, 5.74) is 12.8. The Hall–Kier alpha value is -2.36. The second kappa shape index (κ2) is 14.7. The van der Waals surface area contributed by atoms with E-state index in [1.54, 1.807) is 24.8 Å². The number of aromatic nitrogens is 2. The van der Waals surface area contributed by atoms with Crippen LogP contribution >= 0.6 is 0 Å². The predicted octanol–water partition coefficient (Wildman–Crippen LogP) is -0.143. The number of nitrogens with zero attached hydrogens (tertiary/aromatic N) is 4. The molecule has 0 aromatic carbocycles. The highest BCUT2D eigenvalue weighted by Gasteiger charge is 2.24. The first-order valence-corrected chi connectivity index (χ1v) is 16.2. The summed E-state index contributed by atoms with van der Waals surface area (Å²) in [6.07, 6.45) is 10.3. The zero-order valence-corrected chi connectivity index (χ0v) is 23.3. The second-order valence-electron chi connectivity index (χ2n) is 9.38. The molecule has 4 rings (SSSR count). The Bertz CT molecular complexity index is 1060. The van der Waals surface area contributed by atoms with Gasteiger partial charge in [-0.25, -0.2) is 26.3 Å². The van der Waals surface area contributed by atoms with Crippen LogP contribution in [0.1, 0.15) is 25.7 Å². The molecule has 2 aromatic rings. The molecule has 0 saturated carbocycles. The number of rotatable bonds is 10. The number of sulfonamides is 2. The fourth-order valence-corrected chi connectivity index (χ4v) is 6.90. The van der Waals surface area contributed by atoms with Crippen LogP contribution in [0.5, 0.6) is 0 Å². The van der Waals surface area contributed by atoms with E-state index in [4.69, 9.17) is 11.5 Å². The summed E-state index contributed by atoms with van der Waals surface area (Å²) >= 11 is 0. The Balaban J connectivity index is 0.000000211. The van der Waals surface area contributed by atoms with Gasteiger partial charge in [-0.15, -0.1) is 0 Å². The van der Waals surface area contributed by atoms with Gasteiger partial charge in [0.15, 0.2) is 0 Å². The first-order chi connectivity index (χ1) is 18.2. The lowest BCUT2D eigenvalue weighted by Crippen LogP contribution is -2.45. The molecule has 2 saturated heterocycles. The summed E-state index contributed by atoms with van der Waals surface area (Å²) in [6.45, 7) is 3.70. The van der Waals surface area contributed by atoms with E-state index in [-0.39, 0.29) is 36.7 Å². The van der Waals surface area contributed by atoms with Crippen LogP contribution in [0.2, 0.25) is 0 Å². The van der Waals surface area contributed by atoms with Gasteiger partial charge in [-0.3, -0.25) is 9.97 Å². The summed E-state index contributed by atoms with van der Waals surface area (Å²) in [5.74, 6) is -0.00482. The van der Waals surface area contributed by atoms with E-state index in [0.717, 1.165) is 63.2 Å². The molecule has 0 atom stereocenters. The van der Waals surface area contributed by atoms with Crippen molar-refractivity contribution in [1.82, 2.24) is 19.4 Å². The molecule has 0 aliphatic carbocycles. The maximum Gasteiger partial charge on any atom is 0.213 e. The summed E-state index contributed by atoms with van der Waals surface area (Å²) in [5, 5.41) is 0. The topological polar surface area (TPSA) is 177 Å². The van der Waals surface area contributed by atoms with E-state index in [2.05, 4.69) is 29.2 Å². The molecule has 2 aromatic heterocycles. The average molecular weight is 569 g/mol. The van der Waals surface area contributed by atoms with Gasteiger partial charge in [-0.1, -0.05) is 0 Å². The van der Waals surface area contributed by atoms with Crippen LogP contribution in [-0.2, 0) is 20.0 Å². The number of hydrogen-bond acceptors (Lipinski definition) is 10. The molecule has 212 valence electrons. The third-order valence-electron chi connectivity index (χ3n) is 6.51. The monoisotopic (exact) mass is 568 g/mol. The molecule has 2 fully saturated rings. The van der Waals surface area contributed by atoms with Gasteiger partial charge in [0.05, 0.1) is 11.5 Å². The number of piperidine rings is 2. The fourth-order valence-electron chi connectivity index (χ4n) is 4.56. The Kier molecular flexibility index (Phi) is 11.7. The zero-order valence-electron chi connectivity index (χ0n) is 21.7. The molecule has 12 nitrogen and oxygen atoms in total. The van der Waals surface area contributed by atoms with Crippen LogP contribution in [0.3, 0.4) is 0 Å². The molecule has 0 radical (unpaired) electrons. The lowest BCUT2D eigenvalue weighted by molar-refractivity contribution is 0.459. The van der Waals surface area contributed by atoms with Crippen LogP contribution < -0.4 is 30.7 Å². The van der Waals surface area contributed by atoms with Gasteiger partial charge < -0.3 is 21.3 Å². The zero-order chi connectivity index (χ0) is 27.4. The Morgan fingerprint density at radius 2 is 0.974 bits per heavy atom. The van der Waals surface area contributed by atoms with Crippen LogP contribution in [0.25, 0.3) is 0 Å². The highest BCUT2D eigenvalue weighted by atomic mass is 32.2. The van der Waals surface area contributed by atoms with Crippen molar-refractivity contribution in [3.63, 3.8) is 0 Å². The normalized spacial score (nSPS) is 17.6. The number of pyridine rings is 2. The quantitative estimate of drug-likeness (QED) is 0.302. The predicted molar refractivity (Wildman–Crippen MR) is 151 cm³/mol. The SMILES string of the molecule is NCCS(=O)(=O)NC1CCN(c2ccncc2)CC1.NCCS(=O)(=O)NC1CCN(c2ccncc2)CC1. The van der Waals surface area contributed by atoms with Gasteiger partial charge in [-0.2, -0.15) is 0 Å². The standard InChI is InChI=1S/2C12H20N4O2S/c2*13-5-10-19(17,18)15-11-3-8-16(9-4-11)12-1-6-14-7-2-12/h2*1-2,6-7,11,15H,3-5,8-10,13H2. The van der Waals surface area contributed by atoms with E-state index >= 15 is 0 Å². The molecule has 2 aliphatic heterocycles. The molecule has 6 N–H and O–H groups in total. The van der Waals surface area contributed by atoms with E-state index in [9.17, 15) is 16.8 Å². The molecular formula is C24H40N8O4S2. The van der Waals surface area contributed by atoms with E-state index in [1.165, 1.54) is 0 Å². The van der Waals surface area contributed by atoms with Crippen molar-refractivity contribution in [2.75, 3.05) is 60.6 Å². The van der Waals surface area contributed by atoms with Gasteiger partial charge in [0.1, 0.15) is 0 Å². The van der Waals surface area contributed by atoms with Crippen molar-refractivity contribution in [1.29, 1.82) is 0 Å². The molecule has 0 amide bonds. The first kappa shape index (κ1) is 30.2. The van der Waals surface area contributed by atoms with E-state index < -0.39 is 20.0 Å². The molecule has 0 spiro atoms. The molecule has 0 bridgehead atoms. The molecular weight excluding hydrogens is 528 g/mol. The van der Waals surface area contributed by atoms with Gasteiger partial charge in [-0.05, 0) is 49.9 Å². The maximum atomic E-state index is 11.6. The minimum atomic E-state index is -3.22. The molecule has 0 unspecified atom stereocenters. The van der Waals surface area contributed by atoms with Gasteiger partial charge in [0.2, 0.25) is 20.0 Å². The summed E-state index contributed by atoms with van der Waals surface area (Å²) < 4.78 is 52.0. The smallest absolute Gasteiger partial charge is 0.213 e. The van der Waals surface area contributed by atoms with Crippen molar-refractivity contribution in [3.8, 4) is 0 Å². The highest BCUT2D eigenvalue weighted by molar-refractivity contribution is 7.89. The number of nitrogens with two attached hydrogens (primary N) is 2. The molecule has 4 heterocycles. The number of anilines is 2. The third kappa shape index (κ3) is 10.1. The summed E-state index contributed by atoms with van der Waals surface area (Å²) in [4.78, 5) is 12.5. The molecule has 2 aliphatic rings. The summed E-state index contributed by atoms with van der Waals surface area (Å²) in [6, 6.07) is 7.93. The largest absolute Gasteiger partial charge is 0.371 e. The lowest BCUT2D eigenvalue weighted by Gasteiger charge is -2.33. The minimum absolute atomic E-state index is 0.00241. The highest BCUT2D eigenvalue weighted by Crippen LogP contribution is 2.20. The van der Waals surface area contributed by atoms with Crippen molar-refractivity contribution >= 4 is 31.4 Å². The van der Waals surface area contributed by atoms with Crippen molar-refractivity contribution in [2.24, 2.45) is 11.5 Å². The van der Waals surface area contributed by atoms with Crippen LogP contribution in [0, 0.1) is 0 Å². The van der Waals surface area contributed by atoms with Crippen molar-refractivity contribution in [3.05, 3.63) is 49.1 Å². The van der Waals surface area contributed by atoms with Gasteiger partial charge in [0.25, 0.3) is 0 Å². The van der Waals surface area contributed by atoms with Crippen LogP contribution in [-0.4, -0.2) is 89.7 Å². The van der Waals surface area contributed by atoms with Gasteiger partial charge >= 0.3 is 0 Å². The van der Waals surface area contributed by atoms with Crippen molar-refractivity contribution in [2.45, 2.75) is 37.8 Å². The van der Waals surface area contributed by atoms with Crippen LogP contribution in [0.4, 0.5) is 11.4 Å². The Morgan fingerprint density at radius 1 is 0.658 bits per heavy atom.